The number of likely N-dealkylation sites (tertiary alicyclic amines) is 1. The molecule has 0 bridgehead atoms. The van der Waals surface area contributed by atoms with Crippen LogP contribution in [0.25, 0.3) is 0 Å². The third-order valence-corrected chi connectivity index (χ3v) is 4.85. The molecular formula is C20H30N2O3. The highest BCUT2D eigenvalue weighted by Crippen LogP contribution is 2.29. The number of piperidine rings is 1. The fraction of sp³-hybridized carbons (Fsp3) is 0.600. The summed E-state index contributed by atoms with van der Waals surface area (Å²) in [5.74, 6) is 0.562. The topological polar surface area (TPSA) is 58.6 Å². The van der Waals surface area contributed by atoms with Gasteiger partial charge in [0.05, 0.1) is 13.0 Å². The largest absolute Gasteiger partial charge is 0.453 e. The van der Waals surface area contributed by atoms with Gasteiger partial charge in [0.1, 0.15) is 0 Å². The molecule has 1 aliphatic rings. The van der Waals surface area contributed by atoms with Crippen molar-refractivity contribution >= 4 is 17.7 Å². The molecule has 1 fully saturated rings. The second kappa shape index (κ2) is 8.37. The van der Waals surface area contributed by atoms with Crippen molar-refractivity contribution in [3.8, 4) is 0 Å². The number of benzene rings is 1. The lowest BCUT2D eigenvalue weighted by molar-refractivity contribution is -0.121. The van der Waals surface area contributed by atoms with Crippen LogP contribution >= 0.6 is 0 Å². The van der Waals surface area contributed by atoms with Gasteiger partial charge in [0, 0.05) is 18.8 Å². The maximum Gasteiger partial charge on any atom is 0.409 e. The summed E-state index contributed by atoms with van der Waals surface area (Å²) in [5, 5.41) is 3.09. The van der Waals surface area contributed by atoms with E-state index in [1.54, 1.807) is 4.90 Å². The Morgan fingerprint density at radius 2 is 1.92 bits per heavy atom. The first kappa shape index (κ1) is 19.3. The predicted molar refractivity (Wildman–Crippen MR) is 100.0 cm³/mol. The third kappa shape index (κ3) is 4.74. The van der Waals surface area contributed by atoms with Gasteiger partial charge >= 0.3 is 6.09 Å². The molecule has 1 heterocycles. The van der Waals surface area contributed by atoms with E-state index in [2.05, 4.69) is 45.1 Å². The Labute approximate surface area is 150 Å². The van der Waals surface area contributed by atoms with Crippen LogP contribution in [0.3, 0.4) is 0 Å². The van der Waals surface area contributed by atoms with E-state index < -0.39 is 0 Å². The van der Waals surface area contributed by atoms with Crippen LogP contribution in [0.15, 0.2) is 18.2 Å². The smallest absolute Gasteiger partial charge is 0.409 e. The zero-order valence-electron chi connectivity index (χ0n) is 16.0. The zero-order chi connectivity index (χ0) is 18.6. The van der Waals surface area contributed by atoms with E-state index in [0.29, 0.717) is 24.9 Å². The van der Waals surface area contributed by atoms with Gasteiger partial charge in [-0.25, -0.2) is 4.79 Å². The highest BCUT2D eigenvalue weighted by atomic mass is 16.5. The highest BCUT2D eigenvalue weighted by molar-refractivity contribution is 5.94. The lowest BCUT2D eigenvalue weighted by Gasteiger charge is -2.31. The molecule has 0 radical (unpaired) electrons. The minimum atomic E-state index is -0.360. The molecule has 138 valence electrons. The van der Waals surface area contributed by atoms with Crippen molar-refractivity contribution in [2.45, 2.75) is 52.4 Å². The number of nitrogens with one attached hydrogen (secondary N) is 1. The van der Waals surface area contributed by atoms with Crippen molar-refractivity contribution in [1.82, 2.24) is 4.90 Å². The number of carbonyl (C=O) groups is 2. The Bertz CT molecular complexity index is 625. The van der Waals surface area contributed by atoms with Gasteiger partial charge in [0.25, 0.3) is 0 Å². The lowest BCUT2D eigenvalue weighted by atomic mass is 9.93. The van der Waals surface area contributed by atoms with Crippen LogP contribution < -0.4 is 5.32 Å². The molecular weight excluding hydrogens is 316 g/mol. The fourth-order valence-electron chi connectivity index (χ4n) is 3.25. The number of anilines is 1. The summed E-state index contributed by atoms with van der Waals surface area (Å²) < 4.78 is 4.78. The van der Waals surface area contributed by atoms with E-state index in [1.807, 2.05) is 6.07 Å². The maximum absolute atomic E-state index is 12.7. The highest BCUT2D eigenvalue weighted by Gasteiger charge is 2.29. The summed E-state index contributed by atoms with van der Waals surface area (Å²) in [6, 6.07) is 6.27. The fourth-order valence-corrected chi connectivity index (χ4v) is 3.25. The summed E-state index contributed by atoms with van der Waals surface area (Å²) in [5.41, 5.74) is 3.30. The summed E-state index contributed by atoms with van der Waals surface area (Å²) in [4.78, 5) is 26.0. The van der Waals surface area contributed by atoms with Crippen LogP contribution in [0.2, 0.25) is 0 Å². The number of amides is 2. The van der Waals surface area contributed by atoms with Crippen molar-refractivity contribution in [3.63, 3.8) is 0 Å². The van der Waals surface area contributed by atoms with Crippen LogP contribution in [0, 0.1) is 5.92 Å². The lowest BCUT2D eigenvalue weighted by Crippen LogP contribution is -2.43. The van der Waals surface area contributed by atoms with E-state index in [-0.39, 0.29) is 17.9 Å². The average molecular weight is 346 g/mol. The van der Waals surface area contributed by atoms with Gasteiger partial charge < -0.3 is 15.0 Å². The summed E-state index contributed by atoms with van der Waals surface area (Å²) in [6.07, 6.45) is 1.25. The molecule has 1 unspecified atom stereocenters. The monoisotopic (exact) mass is 346 g/mol. The van der Waals surface area contributed by atoms with Crippen LogP contribution in [-0.2, 0) is 9.53 Å². The molecule has 25 heavy (non-hydrogen) atoms. The number of methoxy groups -OCH3 is 1. The molecule has 1 atom stereocenters. The molecule has 0 aromatic heterocycles. The van der Waals surface area contributed by atoms with Crippen molar-refractivity contribution in [3.05, 3.63) is 29.3 Å². The molecule has 2 amide bonds. The van der Waals surface area contributed by atoms with Crippen LogP contribution in [0.5, 0.6) is 0 Å². The third-order valence-electron chi connectivity index (χ3n) is 4.85. The van der Waals surface area contributed by atoms with Crippen molar-refractivity contribution < 1.29 is 14.3 Å². The predicted octanol–water partition coefficient (Wildman–Crippen LogP) is 4.35. The standard InChI is InChI=1S/C20H30N2O3/c1-13(2)15-8-9-18(17(11-15)14(3)4)21-19(23)16-7-6-10-22(12-16)20(24)25-5/h8-9,11,13-14,16H,6-7,10,12H2,1-5H3,(H,21,23). The van der Waals surface area contributed by atoms with Crippen LogP contribution in [-0.4, -0.2) is 37.1 Å². The van der Waals surface area contributed by atoms with E-state index >= 15 is 0 Å². The van der Waals surface area contributed by atoms with Crippen molar-refractivity contribution in [2.24, 2.45) is 5.92 Å². The van der Waals surface area contributed by atoms with E-state index in [4.69, 9.17) is 4.74 Å². The van der Waals surface area contributed by atoms with Gasteiger partial charge in [-0.3, -0.25) is 4.79 Å². The molecule has 0 spiro atoms. The average Bonchev–Trinajstić information content (AvgIpc) is 2.60. The molecule has 0 aliphatic carbocycles. The molecule has 1 aromatic rings. The van der Waals surface area contributed by atoms with Gasteiger partial charge in [-0.1, -0.05) is 39.8 Å². The van der Waals surface area contributed by atoms with E-state index in [1.165, 1.54) is 12.7 Å². The summed E-state index contributed by atoms with van der Waals surface area (Å²) in [6.45, 7) is 9.67. The number of rotatable bonds is 4. The molecule has 0 saturated carbocycles. The van der Waals surface area contributed by atoms with Gasteiger partial charge in [-0.2, -0.15) is 0 Å². The molecule has 1 N–H and O–H groups in total. The van der Waals surface area contributed by atoms with E-state index in [0.717, 1.165) is 24.1 Å². The van der Waals surface area contributed by atoms with Gasteiger partial charge in [-0.05, 0) is 41.9 Å². The van der Waals surface area contributed by atoms with Gasteiger partial charge in [0.15, 0.2) is 0 Å². The van der Waals surface area contributed by atoms with Crippen LogP contribution in [0.4, 0.5) is 10.5 Å². The molecule has 2 rings (SSSR count). The SMILES string of the molecule is COC(=O)N1CCCC(C(=O)Nc2ccc(C(C)C)cc2C(C)C)C1. The van der Waals surface area contributed by atoms with E-state index in [9.17, 15) is 9.59 Å². The first-order valence-corrected chi connectivity index (χ1v) is 9.11. The molecule has 5 nitrogen and oxygen atoms in total. The van der Waals surface area contributed by atoms with Crippen molar-refractivity contribution in [2.75, 3.05) is 25.5 Å². The van der Waals surface area contributed by atoms with Crippen molar-refractivity contribution in [1.29, 1.82) is 0 Å². The maximum atomic E-state index is 12.7. The summed E-state index contributed by atoms with van der Waals surface area (Å²) in [7, 11) is 1.37. The Morgan fingerprint density at radius 1 is 1.20 bits per heavy atom. The molecule has 5 heteroatoms. The Hall–Kier alpha value is -2.04. The Kier molecular flexibility index (Phi) is 6.45. The summed E-state index contributed by atoms with van der Waals surface area (Å²) >= 11 is 0. The second-order valence-electron chi connectivity index (χ2n) is 7.40. The molecule has 1 saturated heterocycles. The quantitative estimate of drug-likeness (QED) is 0.882. The Balaban J connectivity index is 2.13. The minimum absolute atomic E-state index is 0.0206. The minimum Gasteiger partial charge on any atom is -0.453 e. The zero-order valence-corrected chi connectivity index (χ0v) is 16.0. The Morgan fingerprint density at radius 3 is 2.52 bits per heavy atom. The molecule has 1 aromatic carbocycles. The number of nitrogens with zero attached hydrogens (tertiary/aromatic N) is 1. The molecule has 1 aliphatic heterocycles. The first-order chi connectivity index (χ1) is 11.8. The number of hydrogen-bond donors (Lipinski definition) is 1. The van der Waals surface area contributed by atoms with Gasteiger partial charge in [0.2, 0.25) is 5.91 Å². The normalized spacial score (nSPS) is 17.7. The second-order valence-corrected chi connectivity index (χ2v) is 7.40. The first-order valence-electron chi connectivity index (χ1n) is 9.11. The number of ether oxygens (including phenoxy) is 1. The van der Waals surface area contributed by atoms with Crippen LogP contribution in [0.1, 0.15) is 63.5 Å². The number of carbonyl (C=O) groups excluding carboxylic acids is 2. The van der Waals surface area contributed by atoms with Gasteiger partial charge in [-0.15, -0.1) is 0 Å². The number of hydrogen-bond acceptors (Lipinski definition) is 3.